The van der Waals surface area contributed by atoms with Gasteiger partial charge in [0, 0.05) is 0 Å². The van der Waals surface area contributed by atoms with Crippen LogP contribution < -0.4 is 4.18 Å². The van der Waals surface area contributed by atoms with Crippen LogP contribution in [0, 0.1) is 0 Å². The van der Waals surface area contributed by atoms with Gasteiger partial charge in [0.1, 0.15) is 10.6 Å². The van der Waals surface area contributed by atoms with E-state index in [1.54, 1.807) is 24.3 Å². The normalized spacial score (nSPS) is 11.0. The van der Waals surface area contributed by atoms with Crippen molar-refractivity contribution in [1.82, 2.24) is 0 Å². The molecule has 0 heterocycles. The van der Waals surface area contributed by atoms with E-state index in [1.165, 1.54) is 31.4 Å². The summed E-state index contributed by atoms with van der Waals surface area (Å²) in [5, 5.41) is 0.0878. The Labute approximate surface area is 133 Å². The topological polar surface area (TPSA) is 69.7 Å². The minimum absolute atomic E-state index is 0.0878. The van der Waals surface area contributed by atoms with Crippen molar-refractivity contribution >= 4 is 27.7 Å². The maximum absolute atomic E-state index is 12.2. The first-order chi connectivity index (χ1) is 10.4. The highest BCUT2D eigenvalue weighted by Crippen LogP contribution is 2.24. The molecule has 0 aliphatic heterocycles. The second kappa shape index (κ2) is 6.81. The van der Waals surface area contributed by atoms with Crippen molar-refractivity contribution in [1.29, 1.82) is 0 Å². The molecule has 0 radical (unpaired) electrons. The molecule has 0 bridgehead atoms. The summed E-state index contributed by atoms with van der Waals surface area (Å²) in [4.78, 5) is 11.1. The Balaban J connectivity index is 2.17. The van der Waals surface area contributed by atoms with E-state index in [-0.39, 0.29) is 28.1 Å². The van der Waals surface area contributed by atoms with E-state index < -0.39 is 10.1 Å². The average molecular weight is 341 g/mol. The zero-order valence-corrected chi connectivity index (χ0v) is 13.2. The van der Waals surface area contributed by atoms with Gasteiger partial charge in [-0.15, -0.1) is 0 Å². The molecule has 2 aromatic carbocycles. The van der Waals surface area contributed by atoms with Gasteiger partial charge < -0.3 is 8.92 Å². The van der Waals surface area contributed by atoms with Crippen LogP contribution in [0.1, 0.15) is 5.56 Å². The van der Waals surface area contributed by atoms with Gasteiger partial charge in [0.25, 0.3) is 0 Å². The standard InChI is InChI=1S/C15H13ClO5S/c1-20-15(17)10-11-6-8-12(9-7-11)21-22(18,19)14-5-3-2-4-13(14)16/h2-9H,10H2,1H3. The summed E-state index contributed by atoms with van der Waals surface area (Å²) >= 11 is 5.86. The number of rotatable bonds is 5. The fourth-order valence-electron chi connectivity index (χ4n) is 1.72. The van der Waals surface area contributed by atoms with E-state index in [0.717, 1.165) is 0 Å². The molecule has 116 valence electrons. The van der Waals surface area contributed by atoms with Crippen LogP contribution in [0.15, 0.2) is 53.4 Å². The fraction of sp³-hybridized carbons (Fsp3) is 0.133. The molecule has 0 atom stereocenters. The van der Waals surface area contributed by atoms with Gasteiger partial charge in [-0.1, -0.05) is 35.9 Å². The van der Waals surface area contributed by atoms with Gasteiger partial charge in [0.2, 0.25) is 0 Å². The second-order valence-electron chi connectivity index (χ2n) is 4.36. The number of halogens is 1. The van der Waals surface area contributed by atoms with Crippen molar-refractivity contribution in [3.8, 4) is 5.75 Å². The third-order valence-corrected chi connectivity index (χ3v) is 4.56. The maximum atomic E-state index is 12.2. The SMILES string of the molecule is COC(=O)Cc1ccc(OS(=O)(=O)c2ccccc2Cl)cc1. The van der Waals surface area contributed by atoms with Gasteiger partial charge in [-0.2, -0.15) is 8.42 Å². The van der Waals surface area contributed by atoms with E-state index in [1.807, 2.05) is 0 Å². The molecule has 0 aliphatic carbocycles. The molecule has 0 amide bonds. The number of ether oxygens (including phenoxy) is 1. The molecule has 0 unspecified atom stereocenters. The molecule has 2 rings (SSSR count). The van der Waals surface area contributed by atoms with Crippen LogP contribution in [0.4, 0.5) is 0 Å². The number of carbonyl (C=O) groups excluding carboxylic acids is 1. The molecule has 0 fully saturated rings. The first-order valence-corrected chi connectivity index (χ1v) is 8.06. The lowest BCUT2D eigenvalue weighted by atomic mass is 10.1. The highest BCUT2D eigenvalue weighted by Gasteiger charge is 2.19. The van der Waals surface area contributed by atoms with E-state index >= 15 is 0 Å². The maximum Gasteiger partial charge on any atom is 0.340 e. The van der Waals surface area contributed by atoms with Gasteiger partial charge in [0.15, 0.2) is 0 Å². The number of hydrogen-bond donors (Lipinski definition) is 0. The van der Waals surface area contributed by atoms with Gasteiger partial charge in [-0.3, -0.25) is 4.79 Å². The average Bonchev–Trinajstić information content (AvgIpc) is 2.49. The summed E-state index contributed by atoms with van der Waals surface area (Å²) in [6.07, 6.45) is 0.105. The summed E-state index contributed by atoms with van der Waals surface area (Å²) in [5.74, 6) is -0.245. The molecule has 0 spiro atoms. The van der Waals surface area contributed by atoms with Gasteiger partial charge in [-0.25, -0.2) is 0 Å². The Hall–Kier alpha value is -2.05. The van der Waals surface area contributed by atoms with Crippen LogP contribution in [0.3, 0.4) is 0 Å². The molecule has 0 N–H and O–H groups in total. The third kappa shape index (κ3) is 3.99. The lowest BCUT2D eigenvalue weighted by Crippen LogP contribution is -2.10. The second-order valence-corrected chi connectivity index (χ2v) is 6.29. The Bertz CT molecular complexity index is 769. The monoisotopic (exact) mass is 340 g/mol. The summed E-state index contributed by atoms with van der Waals surface area (Å²) in [6, 6.07) is 12.1. The van der Waals surface area contributed by atoms with Crippen molar-refractivity contribution in [3.05, 3.63) is 59.1 Å². The summed E-state index contributed by atoms with van der Waals surface area (Å²) in [5.41, 5.74) is 0.689. The fourth-order valence-corrected chi connectivity index (χ4v) is 3.15. The van der Waals surface area contributed by atoms with Crippen LogP contribution in [0.25, 0.3) is 0 Å². The first kappa shape index (κ1) is 16.3. The number of hydrogen-bond acceptors (Lipinski definition) is 5. The van der Waals surface area contributed by atoms with Crippen LogP contribution in [0.2, 0.25) is 5.02 Å². The third-order valence-electron chi connectivity index (χ3n) is 2.81. The van der Waals surface area contributed by atoms with E-state index in [9.17, 15) is 13.2 Å². The predicted octanol–water partition coefficient (Wildman–Crippen LogP) is 2.82. The summed E-state index contributed by atoms with van der Waals surface area (Å²) in [6.45, 7) is 0. The zero-order valence-electron chi connectivity index (χ0n) is 11.7. The Morgan fingerprint density at radius 2 is 1.73 bits per heavy atom. The van der Waals surface area contributed by atoms with Crippen molar-refractivity contribution in [3.63, 3.8) is 0 Å². The van der Waals surface area contributed by atoms with Gasteiger partial charge in [-0.05, 0) is 29.8 Å². The Morgan fingerprint density at radius 1 is 1.09 bits per heavy atom. The highest BCUT2D eigenvalue weighted by atomic mass is 35.5. The Kier molecular flexibility index (Phi) is 5.05. The smallest absolute Gasteiger partial charge is 0.340 e. The van der Waals surface area contributed by atoms with Gasteiger partial charge in [0.05, 0.1) is 18.6 Å². The zero-order chi connectivity index (χ0) is 16.2. The van der Waals surface area contributed by atoms with E-state index in [0.29, 0.717) is 5.56 Å². The summed E-state index contributed by atoms with van der Waals surface area (Å²) in [7, 11) is -2.71. The minimum atomic E-state index is -4.01. The molecule has 5 nitrogen and oxygen atoms in total. The first-order valence-electron chi connectivity index (χ1n) is 6.27. The molecular formula is C15H13ClO5S. The van der Waals surface area contributed by atoms with E-state index in [2.05, 4.69) is 4.74 Å². The number of benzene rings is 2. The van der Waals surface area contributed by atoms with Crippen molar-refractivity contribution in [2.75, 3.05) is 7.11 Å². The van der Waals surface area contributed by atoms with Crippen molar-refractivity contribution in [2.45, 2.75) is 11.3 Å². The number of esters is 1. The molecule has 0 saturated heterocycles. The molecule has 2 aromatic rings. The molecule has 0 saturated carbocycles. The van der Waals surface area contributed by atoms with E-state index in [4.69, 9.17) is 15.8 Å². The van der Waals surface area contributed by atoms with Crippen LogP contribution in [0.5, 0.6) is 5.75 Å². The molecule has 0 aliphatic rings. The number of methoxy groups -OCH3 is 1. The lowest BCUT2D eigenvalue weighted by Gasteiger charge is -2.08. The largest absolute Gasteiger partial charge is 0.469 e. The van der Waals surface area contributed by atoms with Crippen LogP contribution >= 0.6 is 11.6 Å². The van der Waals surface area contributed by atoms with Crippen LogP contribution in [-0.4, -0.2) is 21.5 Å². The Morgan fingerprint density at radius 3 is 2.32 bits per heavy atom. The van der Waals surface area contributed by atoms with Crippen LogP contribution in [-0.2, 0) is 26.1 Å². The van der Waals surface area contributed by atoms with Gasteiger partial charge >= 0.3 is 16.1 Å². The highest BCUT2D eigenvalue weighted by molar-refractivity contribution is 7.87. The van der Waals surface area contributed by atoms with Crippen molar-refractivity contribution in [2.24, 2.45) is 0 Å². The molecule has 7 heteroatoms. The molecule has 22 heavy (non-hydrogen) atoms. The molecular weight excluding hydrogens is 328 g/mol. The quantitative estimate of drug-likeness (QED) is 0.618. The number of carbonyl (C=O) groups is 1. The lowest BCUT2D eigenvalue weighted by molar-refractivity contribution is -0.139. The molecule has 0 aromatic heterocycles. The predicted molar refractivity (Wildman–Crippen MR) is 81.4 cm³/mol. The minimum Gasteiger partial charge on any atom is -0.469 e. The van der Waals surface area contributed by atoms with Crippen molar-refractivity contribution < 1.29 is 22.1 Å². The summed E-state index contributed by atoms with van der Waals surface area (Å²) < 4.78 is 33.9.